The Labute approximate surface area is 167 Å². The number of benzene rings is 1. The molecule has 1 aromatic rings. The van der Waals surface area contributed by atoms with E-state index in [0.717, 1.165) is 29.1 Å². The third kappa shape index (κ3) is 4.87. The van der Waals surface area contributed by atoms with Gasteiger partial charge in [0.15, 0.2) is 0 Å². The minimum Gasteiger partial charge on any atom is -0.0880 e. The molecule has 0 saturated heterocycles. The molecule has 3 atom stereocenters. The van der Waals surface area contributed by atoms with Crippen LogP contribution in [0.3, 0.4) is 0 Å². The fourth-order valence-corrected chi connectivity index (χ4v) is 5.92. The Bertz CT molecular complexity index is 614. The lowest BCUT2D eigenvalue weighted by Gasteiger charge is -2.47. The first-order chi connectivity index (χ1) is 13.1. The summed E-state index contributed by atoms with van der Waals surface area (Å²) in [5.74, 6) is 3.76. The van der Waals surface area contributed by atoms with Gasteiger partial charge in [0.1, 0.15) is 0 Å². The molecule has 0 spiro atoms. The van der Waals surface area contributed by atoms with Gasteiger partial charge in [-0.05, 0) is 92.9 Å². The Morgan fingerprint density at radius 1 is 1.04 bits per heavy atom. The molecule has 0 aromatic heterocycles. The largest absolute Gasteiger partial charge is 0.0880 e. The van der Waals surface area contributed by atoms with Crippen LogP contribution in [-0.4, -0.2) is 0 Å². The van der Waals surface area contributed by atoms with E-state index >= 15 is 0 Å². The van der Waals surface area contributed by atoms with Crippen LogP contribution in [0.4, 0.5) is 0 Å². The van der Waals surface area contributed by atoms with Crippen molar-refractivity contribution < 1.29 is 0 Å². The Hall–Kier alpha value is -1.04. The van der Waals surface area contributed by atoms with E-state index in [4.69, 9.17) is 0 Å². The van der Waals surface area contributed by atoms with Crippen molar-refractivity contribution in [2.24, 2.45) is 29.1 Å². The summed E-state index contributed by atoms with van der Waals surface area (Å²) in [5.41, 5.74) is 3.63. The van der Waals surface area contributed by atoms with Crippen LogP contribution >= 0.6 is 0 Å². The highest BCUT2D eigenvalue weighted by atomic mass is 14.5. The molecule has 0 heteroatoms. The molecule has 0 bridgehead atoms. The predicted octanol–water partition coefficient (Wildman–Crippen LogP) is 7.90. The van der Waals surface area contributed by atoms with Gasteiger partial charge >= 0.3 is 0 Å². The van der Waals surface area contributed by atoms with Gasteiger partial charge in [0.25, 0.3) is 0 Å². The second-order valence-corrected chi connectivity index (χ2v) is 10.3. The van der Waals surface area contributed by atoms with Gasteiger partial charge in [-0.1, -0.05) is 74.6 Å². The van der Waals surface area contributed by atoms with E-state index in [2.05, 4.69) is 50.3 Å². The summed E-state index contributed by atoms with van der Waals surface area (Å²) >= 11 is 0. The first-order valence-electron chi connectivity index (χ1n) is 11.9. The third-order valence-corrected chi connectivity index (χ3v) is 8.30. The van der Waals surface area contributed by atoms with Crippen LogP contribution in [0, 0.1) is 36.0 Å². The van der Waals surface area contributed by atoms with Crippen LogP contribution < -0.4 is 0 Å². The maximum absolute atomic E-state index is 2.63. The molecule has 27 heavy (non-hydrogen) atoms. The van der Waals surface area contributed by atoms with Crippen LogP contribution in [0.25, 0.3) is 0 Å². The van der Waals surface area contributed by atoms with E-state index in [1.54, 1.807) is 6.42 Å². The van der Waals surface area contributed by atoms with E-state index in [9.17, 15) is 0 Å². The van der Waals surface area contributed by atoms with E-state index in [-0.39, 0.29) is 0 Å². The average Bonchev–Trinajstić information content (AvgIpc) is 3.35. The number of hydrogen-bond acceptors (Lipinski definition) is 0. The molecule has 4 rings (SSSR count). The quantitative estimate of drug-likeness (QED) is 0.391. The van der Waals surface area contributed by atoms with Crippen molar-refractivity contribution in [1.29, 1.82) is 0 Å². The molecule has 3 aliphatic carbocycles. The standard InChI is InChI=1S/C27H40/c1-21-10-12-23(13-11-21)16-17-26-9-4-8-25(26)7-3-6-22(2)27(18-5-19-27)20-24-14-15-24/h3,7,10-13,22,24-26H,4-6,8-9,14-20H2,1-2H3/b7-3+/t22?,25?,26-/m1/s1. The molecule has 2 unspecified atom stereocenters. The zero-order valence-corrected chi connectivity index (χ0v) is 17.8. The lowest BCUT2D eigenvalue weighted by atomic mass is 9.58. The highest BCUT2D eigenvalue weighted by Gasteiger charge is 2.44. The molecule has 0 amide bonds. The van der Waals surface area contributed by atoms with Crippen LogP contribution in [0.15, 0.2) is 36.4 Å². The molecule has 0 N–H and O–H groups in total. The second kappa shape index (κ2) is 8.54. The number of allylic oxidation sites excluding steroid dienone is 2. The van der Waals surface area contributed by atoms with Crippen molar-refractivity contribution in [2.75, 3.05) is 0 Å². The molecule has 0 heterocycles. The fourth-order valence-electron chi connectivity index (χ4n) is 5.92. The van der Waals surface area contributed by atoms with Gasteiger partial charge in [-0.2, -0.15) is 0 Å². The summed E-state index contributed by atoms with van der Waals surface area (Å²) in [6.07, 6.45) is 22.6. The van der Waals surface area contributed by atoms with Crippen molar-refractivity contribution in [3.8, 4) is 0 Å². The Kier molecular flexibility index (Phi) is 6.10. The maximum atomic E-state index is 2.63. The average molecular weight is 365 g/mol. The molecule has 1 aromatic carbocycles. The second-order valence-electron chi connectivity index (χ2n) is 10.3. The van der Waals surface area contributed by atoms with Crippen molar-refractivity contribution in [3.05, 3.63) is 47.5 Å². The number of hydrogen-bond donors (Lipinski definition) is 0. The molecule has 0 aliphatic heterocycles. The van der Waals surface area contributed by atoms with Crippen LogP contribution in [0.5, 0.6) is 0 Å². The van der Waals surface area contributed by atoms with Crippen LogP contribution in [-0.2, 0) is 6.42 Å². The zero-order valence-electron chi connectivity index (χ0n) is 17.8. The first kappa shape index (κ1) is 19.3. The van der Waals surface area contributed by atoms with Crippen molar-refractivity contribution in [1.82, 2.24) is 0 Å². The summed E-state index contributed by atoms with van der Waals surface area (Å²) in [4.78, 5) is 0. The zero-order chi connectivity index (χ0) is 18.7. The summed E-state index contributed by atoms with van der Waals surface area (Å²) in [6.45, 7) is 4.73. The molecule has 0 nitrogen and oxygen atoms in total. The van der Waals surface area contributed by atoms with Gasteiger partial charge in [-0.3, -0.25) is 0 Å². The fraction of sp³-hybridized carbons (Fsp3) is 0.704. The van der Waals surface area contributed by atoms with E-state index in [0.29, 0.717) is 0 Å². The van der Waals surface area contributed by atoms with Gasteiger partial charge in [0, 0.05) is 0 Å². The molecule has 3 aliphatic rings. The summed E-state index contributed by atoms with van der Waals surface area (Å²) < 4.78 is 0. The summed E-state index contributed by atoms with van der Waals surface area (Å²) in [7, 11) is 0. The predicted molar refractivity (Wildman–Crippen MR) is 117 cm³/mol. The molecular weight excluding hydrogens is 324 g/mol. The van der Waals surface area contributed by atoms with Gasteiger partial charge in [0.2, 0.25) is 0 Å². The van der Waals surface area contributed by atoms with Crippen molar-refractivity contribution in [3.63, 3.8) is 0 Å². The molecule has 0 radical (unpaired) electrons. The SMILES string of the molecule is Cc1ccc(CC[C@H]2CCCC2/C=C/CC(C)C2(CC3CC3)CCC2)cc1. The highest BCUT2D eigenvalue weighted by molar-refractivity contribution is 5.21. The molecular formula is C27H40. The van der Waals surface area contributed by atoms with E-state index in [1.165, 1.54) is 81.8 Å². The monoisotopic (exact) mass is 364 g/mol. The smallest absolute Gasteiger partial charge is 0.0205 e. The Morgan fingerprint density at radius 2 is 1.81 bits per heavy atom. The van der Waals surface area contributed by atoms with Crippen LogP contribution in [0.2, 0.25) is 0 Å². The summed E-state index contributed by atoms with van der Waals surface area (Å²) in [6, 6.07) is 9.19. The minimum atomic E-state index is 0.728. The van der Waals surface area contributed by atoms with Gasteiger partial charge in [-0.25, -0.2) is 0 Å². The normalized spacial score (nSPS) is 28.4. The molecule has 3 fully saturated rings. The topological polar surface area (TPSA) is 0 Å². The summed E-state index contributed by atoms with van der Waals surface area (Å²) in [5, 5.41) is 0. The van der Waals surface area contributed by atoms with Crippen molar-refractivity contribution >= 4 is 0 Å². The molecule has 3 saturated carbocycles. The van der Waals surface area contributed by atoms with Gasteiger partial charge < -0.3 is 0 Å². The molecule has 148 valence electrons. The van der Waals surface area contributed by atoms with Crippen LogP contribution in [0.1, 0.15) is 88.7 Å². The third-order valence-electron chi connectivity index (χ3n) is 8.30. The Morgan fingerprint density at radius 3 is 2.48 bits per heavy atom. The Balaban J connectivity index is 1.25. The highest BCUT2D eigenvalue weighted by Crippen LogP contribution is 2.56. The number of aryl methyl sites for hydroxylation is 2. The first-order valence-corrected chi connectivity index (χ1v) is 11.9. The maximum Gasteiger partial charge on any atom is -0.0205 e. The lowest BCUT2D eigenvalue weighted by molar-refractivity contribution is 0.0423. The number of rotatable bonds is 9. The van der Waals surface area contributed by atoms with E-state index < -0.39 is 0 Å². The van der Waals surface area contributed by atoms with Gasteiger partial charge in [0.05, 0.1) is 0 Å². The lowest BCUT2D eigenvalue weighted by Crippen LogP contribution is -2.36. The van der Waals surface area contributed by atoms with E-state index in [1.807, 2.05) is 0 Å². The van der Waals surface area contributed by atoms with Crippen molar-refractivity contribution in [2.45, 2.75) is 90.9 Å². The minimum absolute atomic E-state index is 0.728. The van der Waals surface area contributed by atoms with Gasteiger partial charge in [-0.15, -0.1) is 0 Å².